The number of nitrogens with zero attached hydrogens (tertiary/aromatic N) is 2. The minimum absolute atomic E-state index is 0. The molecule has 5 nitrogen and oxygen atoms in total. The van der Waals surface area contributed by atoms with Gasteiger partial charge in [-0.2, -0.15) is 8.42 Å². The van der Waals surface area contributed by atoms with Crippen molar-refractivity contribution in [3.05, 3.63) is 54.6 Å². The lowest BCUT2D eigenvalue weighted by atomic mass is 9.99. The first kappa shape index (κ1) is 18.0. The molecule has 0 radical (unpaired) electrons. The van der Waals surface area contributed by atoms with Crippen molar-refractivity contribution < 1.29 is 8.42 Å². The van der Waals surface area contributed by atoms with Crippen molar-refractivity contribution >= 4 is 39.7 Å². The van der Waals surface area contributed by atoms with E-state index in [2.05, 4.69) is 5.32 Å². The molecule has 2 aliphatic rings. The molecule has 0 saturated carbocycles. The molecule has 1 fully saturated rings. The van der Waals surface area contributed by atoms with Crippen LogP contribution >= 0.6 is 12.4 Å². The van der Waals surface area contributed by atoms with Gasteiger partial charge in [-0.25, -0.2) is 4.31 Å². The largest absolute Gasteiger partial charge is 0.330 e. The predicted molar refractivity (Wildman–Crippen MR) is 104 cm³/mol. The Morgan fingerprint density at radius 1 is 1.00 bits per heavy atom. The van der Waals surface area contributed by atoms with Gasteiger partial charge in [0.2, 0.25) is 0 Å². The van der Waals surface area contributed by atoms with Crippen LogP contribution in [-0.4, -0.2) is 28.1 Å². The van der Waals surface area contributed by atoms with Gasteiger partial charge < -0.3 is 5.32 Å². The first-order chi connectivity index (χ1) is 11.7. The van der Waals surface area contributed by atoms with Gasteiger partial charge in [0.05, 0.1) is 17.1 Å². The summed E-state index contributed by atoms with van der Waals surface area (Å²) in [6.07, 6.45) is 2.16. The van der Waals surface area contributed by atoms with Crippen LogP contribution in [-0.2, 0) is 10.2 Å². The van der Waals surface area contributed by atoms with Crippen molar-refractivity contribution in [2.45, 2.75) is 12.8 Å². The Hall–Kier alpha value is -1.76. The van der Waals surface area contributed by atoms with E-state index < -0.39 is 10.2 Å². The summed E-state index contributed by atoms with van der Waals surface area (Å²) < 4.78 is 29.5. The Morgan fingerprint density at radius 2 is 1.68 bits per heavy atom. The maximum absolute atomic E-state index is 13.3. The summed E-state index contributed by atoms with van der Waals surface area (Å²) in [5.41, 5.74) is 2.17. The van der Waals surface area contributed by atoms with Gasteiger partial charge in [-0.15, -0.1) is 12.4 Å². The highest BCUT2D eigenvalue weighted by atomic mass is 35.5. The molecule has 0 unspecified atom stereocenters. The number of rotatable bonds is 3. The first-order valence-electron chi connectivity index (χ1n) is 8.36. The fourth-order valence-corrected chi connectivity index (χ4v) is 5.33. The van der Waals surface area contributed by atoms with E-state index >= 15 is 0 Å². The molecule has 2 aliphatic heterocycles. The first-order valence-corrected chi connectivity index (χ1v) is 9.75. The van der Waals surface area contributed by atoms with Gasteiger partial charge in [0, 0.05) is 6.54 Å². The number of hydrogen-bond acceptors (Lipinski definition) is 3. The highest BCUT2D eigenvalue weighted by molar-refractivity contribution is 7.95. The van der Waals surface area contributed by atoms with E-state index in [1.807, 2.05) is 54.6 Å². The number of nitrogens with one attached hydrogen (secondary N) is 1. The molecule has 2 aromatic rings. The Morgan fingerprint density at radius 3 is 2.36 bits per heavy atom. The number of halogens is 1. The summed E-state index contributed by atoms with van der Waals surface area (Å²) in [6.45, 7) is 2.42. The average Bonchev–Trinajstić information content (AvgIpc) is 2.84. The number of hydrogen-bond donors (Lipinski definition) is 1. The Balaban J connectivity index is 0.00000182. The molecule has 1 atom stereocenters. The summed E-state index contributed by atoms with van der Waals surface area (Å²) in [4.78, 5) is 0. The van der Waals surface area contributed by atoms with Crippen LogP contribution in [0, 0.1) is 5.92 Å². The standard InChI is InChI=1S/C18H21N3O2S.ClH/c22-24(23)20(14-15-7-6-12-19-13-15)17-10-4-5-11-18(17)21(24)16-8-2-1-3-9-16;/h1-5,8-11,15,19H,6-7,12-14H2;1H/t15-;/m1./s1. The number of benzene rings is 2. The third-order valence-corrected chi connectivity index (χ3v) is 6.46. The average molecular weight is 380 g/mol. The molecule has 134 valence electrons. The van der Waals surface area contributed by atoms with E-state index in [-0.39, 0.29) is 12.4 Å². The van der Waals surface area contributed by atoms with Crippen molar-refractivity contribution in [1.82, 2.24) is 5.32 Å². The Kier molecular flexibility index (Phi) is 5.22. The van der Waals surface area contributed by atoms with Gasteiger partial charge in [-0.3, -0.25) is 4.31 Å². The zero-order valence-electron chi connectivity index (χ0n) is 13.8. The monoisotopic (exact) mass is 379 g/mol. The molecule has 1 saturated heterocycles. The number of para-hydroxylation sites is 3. The van der Waals surface area contributed by atoms with Crippen molar-refractivity contribution in [2.24, 2.45) is 5.92 Å². The van der Waals surface area contributed by atoms with Crippen LogP contribution in [0.1, 0.15) is 12.8 Å². The molecule has 25 heavy (non-hydrogen) atoms. The predicted octanol–water partition coefficient (Wildman–Crippen LogP) is 3.31. The number of fused-ring (bicyclic) bond motifs is 1. The summed E-state index contributed by atoms with van der Waals surface area (Å²) in [6, 6.07) is 16.8. The highest BCUT2D eigenvalue weighted by Crippen LogP contribution is 2.45. The Bertz CT molecular complexity index is 823. The van der Waals surface area contributed by atoms with Gasteiger partial charge in [0.25, 0.3) is 0 Å². The zero-order valence-corrected chi connectivity index (χ0v) is 15.5. The van der Waals surface area contributed by atoms with E-state index in [1.54, 1.807) is 4.31 Å². The minimum Gasteiger partial charge on any atom is -0.316 e. The number of piperidine rings is 1. The van der Waals surface area contributed by atoms with Gasteiger partial charge in [0.15, 0.2) is 0 Å². The number of anilines is 3. The zero-order chi connectivity index (χ0) is 16.6. The van der Waals surface area contributed by atoms with Crippen molar-refractivity contribution in [1.29, 1.82) is 0 Å². The lowest BCUT2D eigenvalue weighted by Gasteiger charge is -2.28. The van der Waals surface area contributed by atoms with Gasteiger partial charge in [-0.05, 0) is 56.1 Å². The third kappa shape index (κ3) is 3.21. The van der Waals surface area contributed by atoms with E-state index in [0.29, 0.717) is 18.2 Å². The summed E-state index contributed by atoms with van der Waals surface area (Å²) in [5, 5.41) is 3.37. The maximum atomic E-state index is 13.3. The van der Waals surface area contributed by atoms with Crippen LogP contribution < -0.4 is 13.9 Å². The van der Waals surface area contributed by atoms with Crippen molar-refractivity contribution in [3.63, 3.8) is 0 Å². The second-order valence-corrected chi connectivity index (χ2v) is 8.04. The van der Waals surface area contributed by atoms with E-state index in [4.69, 9.17) is 0 Å². The van der Waals surface area contributed by atoms with Crippen LogP contribution in [0.3, 0.4) is 0 Å². The molecular formula is C18H22ClN3O2S. The molecule has 0 aliphatic carbocycles. The van der Waals surface area contributed by atoms with Gasteiger partial charge in [-0.1, -0.05) is 30.3 Å². The topological polar surface area (TPSA) is 52.7 Å². The molecule has 1 N–H and O–H groups in total. The second kappa shape index (κ2) is 7.23. The Labute approximate surface area is 155 Å². The van der Waals surface area contributed by atoms with Crippen LogP contribution in [0.2, 0.25) is 0 Å². The maximum Gasteiger partial charge on any atom is 0.330 e. The van der Waals surface area contributed by atoms with Crippen LogP contribution in [0.5, 0.6) is 0 Å². The molecule has 0 spiro atoms. The molecule has 0 amide bonds. The SMILES string of the molecule is Cl.O=S1(=O)N(C[C@@H]2CCCNC2)c2ccccc2N1c1ccccc1. The molecule has 0 bridgehead atoms. The van der Waals surface area contributed by atoms with E-state index in [1.165, 1.54) is 4.31 Å². The fourth-order valence-electron chi connectivity index (χ4n) is 3.54. The van der Waals surface area contributed by atoms with Crippen LogP contribution in [0.4, 0.5) is 17.1 Å². The van der Waals surface area contributed by atoms with Gasteiger partial charge >= 0.3 is 10.2 Å². The lowest BCUT2D eigenvalue weighted by molar-refractivity contribution is 0.386. The van der Waals surface area contributed by atoms with Crippen LogP contribution in [0.25, 0.3) is 0 Å². The summed E-state index contributed by atoms with van der Waals surface area (Å²) >= 11 is 0. The minimum atomic E-state index is -3.60. The molecule has 4 rings (SSSR count). The summed E-state index contributed by atoms with van der Waals surface area (Å²) in [7, 11) is -3.60. The molecule has 0 aromatic heterocycles. The smallest absolute Gasteiger partial charge is 0.316 e. The van der Waals surface area contributed by atoms with Crippen molar-refractivity contribution in [3.8, 4) is 0 Å². The van der Waals surface area contributed by atoms with Crippen molar-refractivity contribution in [2.75, 3.05) is 28.2 Å². The van der Waals surface area contributed by atoms with Crippen LogP contribution in [0.15, 0.2) is 54.6 Å². The third-order valence-electron chi connectivity index (χ3n) is 4.69. The second-order valence-electron chi connectivity index (χ2n) is 6.34. The van der Waals surface area contributed by atoms with E-state index in [9.17, 15) is 8.42 Å². The quantitative estimate of drug-likeness (QED) is 0.890. The lowest BCUT2D eigenvalue weighted by Crippen LogP contribution is -2.42. The molecule has 2 heterocycles. The highest BCUT2D eigenvalue weighted by Gasteiger charge is 2.41. The molecular weight excluding hydrogens is 358 g/mol. The molecule has 7 heteroatoms. The summed E-state index contributed by atoms with van der Waals surface area (Å²) in [5.74, 6) is 0.345. The van der Waals surface area contributed by atoms with E-state index in [0.717, 1.165) is 37.3 Å². The fraction of sp³-hybridized carbons (Fsp3) is 0.333. The molecule has 2 aromatic carbocycles. The van der Waals surface area contributed by atoms with Gasteiger partial charge in [0.1, 0.15) is 0 Å². The normalized spacial score (nSPS) is 21.5.